The maximum Gasteiger partial charge on any atom is 0.277 e. The molecule has 9 heteroatoms. The third-order valence-corrected chi connectivity index (χ3v) is 4.21. The molecule has 0 radical (unpaired) electrons. The van der Waals surface area contributed by atoms with E-state index >= 15 is 0 Å². The van der Waals surface area contributed by atoms with Crippen molar-refractivity contribution in [1.82, 2.24) is 14.8 Å². The van der Waals surface area contributed by atoms with Gasteiger partial charge in [-0.05, 0) is 18.2 Å². The van der Waals surface area contributed by atoms with Crippen LogP contribution in [0.5, 0.6) is 0 Å². The third-order valence-electron chi connectivity index (χ3n) is 3.45. The molecule has 2 heterocycles. The molecule has 3 rings (SSSR count). The Balaban J connectivity index is 1.75. The lowest BCUT2D eigenvalue weighted by Crippen LogP contribution is -2.27. The molecule has 7 nitrogen and oxygen atoms in total. The van der Waals surface area contributed by atoms with E-state index in [1.807, 2.05) is 0 Å². The number of nitrogens with one attached hydrogen (secondary N) is 1. The number of amides is 1. The number of carbonyl (C=O) groups excluding carboxylic acids is 1. The number of nitrogens with zero attached hydrogens (tertiary/aromatic N) is 3. The normalized spacial score (nSPS) is 10.7. The second-order valence-electron chi connectivity index (χ2n) is 5.28. The lowest BCUT2D eigenvalue weighted by molar-refractivity contribution is 0.101. The van der Waals surface area contributed by atoms with Gasteiger partial charge in [0.05, 0.1) is 18.8 Å². The molecule has 1 amide bonds. The van der Waals surface area contributed by atoms with Crippen molar-refractivity contribution < 1.29 is 13.9 Å². The Morgan fingerprint density at radius 2 is 2.19 bits per heavy atom. The number of benzene rings is 1. The first-order valence-corrected chi connectivity index (χ1v) is 8.55. The number of hydrogen-bond acceptors (Lipinski definition) is 6. The lowest BCUT2D eigenvalue weighted by Gasteiger charge is -2.06. The molecule has 0 atom stereocenters. The van der Waals surface area contributed by atoms with Crippen molar-refractivity contribution in [2.24, 2.45) is 0 Å². The topological polar surface area (TPSA) is 86.1 Å². The van der Waals surface area contributed by atoms with Crippen LogP contribution in [0.25, 0.3) is 11.3 Å². The number of halogens is 1. The SMILES string of the molecule is COCCn1nc(C(=O)Nc2nc(-c3cccc(F)c3)cs2)ccc1=O. The van der Waals surface area contributed by atoms with Crippen LogP contribution in [-0.2, 0) is 11.3 Å². The quantitative estimate of drug-likeness (QED) is 0.716. The van der Waals surface area contributed by atoms with E-state index < -0.39 is 5.91 Å². The van der Waals surface area contributed by atoms with E-state index in [9.17, 15) is 14.0 Å². The third kappa shape index (κ3) is 4.19. The van der Waals surface area contributed by atoms with Crippen molar-refractivity contribution in [3.63, 3.8) is 0 Å². The molecular formula is C17H15FN4O3S. The molecule has 0 saturated carbocycles. The van der Waals surface area contributed by atoms with Gasteiger partial charge < -0.3 is 4.74 Å². The molecule has 0 fully saturated rings. The Labute approximate surface area is 152 Å². The Morgan fingerprint density at radius 1 is 1.35 bits per heavy atom. The van der Waals surface area contributed by atoms with E-state index in [0.717, 1.165) is 0 Å². The van der Waals surface area contributed by atoms with Crippen LogP contribution >= 0.6 is 11.3 Å². The number of ether oxygens (including phenoxy) is 1. The molecule has 134 valence electrons. The Kier molecular flexibility index (Phi) is 5.49. The van der Waals surface area contributed by atoms with Gasteiger partial charge in [-0.3, -0.25) is 14.9 Å². The maximum atomic E-state index is 13.3. The van der Waals surface area contributed by atoms with E-state index in [0.29, 0.717) is 23.0 Å². The highest BCUT2D eigenvalue weighted by Gasteiger charge is 2.13. The van der Waals surface area contributed by atoms with Crippen molar-refractivity contribution in [2.45, 2.75) is 6.54 Å². The fourth-order valence-electron chi connectivity index (χ4n) is 2.18. The summed E-state index contributed by atoms with van der Waals surface area (Å²) in [6.07, 6.45) is 0. The average molecular weight is 374 g/mol. The van der Waals surface area contributed by atoms with Crippen molar-refractivity contribution in [3.8, 4) is 11.3 Å². The lowest BCUT2D eigenvalue weighted by atomic mass is 10.2. The Morgan fingerprint density at radius 3 is 2.96 bits per heavy atom. The Bertz CT molecular complexity index is 986. The minimum Gasteiger partial charge on any atom is -0.383 e. The fourth-order valence-corrected chi connectivity index (χ4v) is 2.90. The summed E-state index contributed by atoms with van der Waals surface area (Å²) < 4.78 is 19.4. The summed E-state index contributed by atoms with van der Waals surface area (Å²) in [6.45, 7) is 0.554. The summed E-state index contributed by atoms with van der Waals surface area (Å²) in [4.78, 5) is 28.3. The molecule has 0 aliphatic carbocycles. The zero-order chi connectivity index (χ0) is 18.5. The van der Waals surface area contributed by atoms with Crippen LogP contribution in [-0.4, -0.2) is 34.4 Å². The van der Waals surface area contributed by atoms with Gasteiger partial charge in [-0.1, -0.05) is 12.1 Å². The molecule has 0 spiro atoms. The van der Waals surface area contributed by atoms with Gasteiger partial charge in [0.15, 0.2) is 5.13 Å². The van der Waals surface area contributed by atoms with E-state index in [2.05, 4.69) is 15.4 Å². The van der Waals surface area contributed by atoms with Crippen LogP contribution in [0, 0.1) is 5.82 Å². The summed E-state index contributed by atoms with van der Waals surface area (Å²) in [7, 11) is 1.51. The van der Waals surface area contributed by atoms with Crippen molar-refractivity contribution >= 4 is 22.4 Å². The minimum atomic E-state index is -0.490. The predicted molar refractivity (Wildman–Crippen MR) is 95.8 cm³/mol. The molecule has 1 aromatic carbocycles. The van der Waals surface area contributed by atoms with Crippen LogP contribution in [0.4, 0.5) is 9.52 Å². The molecule has 26 heavy (non-hydrogen) atoms. The van der Waals surface area contributed by atoms with Gasteiger partial charge in [0.2, 0.25) is 0 Å². The monoisotopic (exact) mass is 374 g/mol. The molecule has 0 aliphatic heterocycles. The van der Waals surface area contributed by atoms with Crippen molar-refractivity contribution in [2.75, 3.05) is 19.0 Å². The van der Waals surface area contributed by atoms with Gasteiger partial charge in [0.1, 0.15) is 11.5 Å². The summed E-state index contributed by atoms with van der Waals surface area (Å²) >= 11 is 1.21. The number of hydrogen-bond donors (Lipinski definition) is 1. The number of carbonyl (C=O) groups is 1. The molecular weight excluding hydrogens is 359 g/mol. The van der Waals surface area contributed by atoms with Gasteiger partial charge in [-0.2, -0.15) is 5.10 Å². The van der Waals surface area contributed by atoms with Crippen LogP contribution in [0.1, 0.15) is 10.5 Å². The molecule has 0 bridgehead atoms. The predicted octanol–water partition coefficient (Wildman–Crippen LogP) is 2.40. The first-order valence-electron chi connectivity index (χ1n) is 7.67. The first-order chi connectivity index (χ1) is 12.6. The highest BCUT2D eigenvalue weighted by Crippen LogP contribution is 2.25. The van der Waals surface area contributed by atoms with Gasteiger partial charge in [0.25, 0.3) is 11.5 Å². The molecule has 0 saturated heterocycles. The number of anilines is 1. The van der Waals surface area contributed by atoms with Crippen LogP contribution in [0.15, 0.2) is 46.6 Å². The van der Waals surface area contributed by atoms with E-state index in [4.69, 9.17) is 4.74 Å². The number of methoxy groups -OCH3 is 1. The van der Waals surface area contributed by atoms with Crippen molar-refractivity contribution in [3.05, 3.63) is 63.6 Å². The van der Waals surface area contributed by atoms with E-state index in [-0.39, 0.29) is 23.6 Å². The summed E-state index contributed by atoms with van der Waals surface area (Å²) in [5.41, 5.74) is 0.945. The Hall–Kier alpha value is -2.91. The van der Waals surface area contributed by atoms with Crippen LogP contribution in [0.3, 0.4) is 0 Å². The molecule has 0 unspecified atom stereocenters. The highest BCUT2D eigenvalue weighted by atomic mass is 32.1. The largest absolute Gasteiger partial charge is 0.383 e. The second-order valence-corrected chi connectivity index (χ2v) is 6.13. The molecule has 1 N–H and O–H groups in total. The zero-order valence-corrected chi connectivity index (χ0v) is 14.6. The smallest absolute Gasteiger partial charge is 0.277 e. The maximum absolute atomic E-state index is 13.3. The van der Waals surface area contributed by atoms with Crippen LogP contribution < -0.4 is 10.9 Å². The van der Waals surface area contributed by atoms with Crippen molar-refractivity contribution in [1.29, 1.82) is 0 Å². The highest BCUT2D eigenvalue weighted by molar-refractivity contribution is 7.14. The minimum absolute atomic E-state index is 0.0863. The molecule has 2 aromatic heterocycles. The standard InChI is InChI=1S/C17H15FN4O3S/c1-25-8-7-22-15(23)6-5-13(21-22)16(24)20-17-19-14(10-26-17)11-3-2-4-12(18)9-11/h2-6,9-10H,7-8H2,1H3,(H,19,20,24). The van der Waals surface area contributed by atoms with E-state index in [1.165, 1.54) is 47.4 Å². The van der Waals surface area contributed by atoms with Crippen LogP contribution in [0.2, 0.25) is 0 Å². The summed E-state index contributed by atoms with van der Waals surface area (Å²) in [5.74, 6) is -0.847. The molecule has 0 aliphatic rings. The fraction of sp³-hybridized carbons (Fsp3) is 0.176. The summed E-state index contributed by atoms with van der Waals surface area (Å²) in [6, 6.07) is 8.67. The molecule has 3 aromatic rings. The number of rotatable bonds is 6. The van der Waals surface area contributed by atoms with E-state index in [1.54, 1.807) is 17.5 Å². The number of aromatic nitrogens is 3. The summed E-state index contributed by atoms with van der Waals surface area (Å²) in [5, 5.41) is 8.73. The van der Waals surface area contributed by atoms with Gasteiger partial charge in [-0.15, -0.1) is 11.3 Å². The van der Waals surface area contributed by atoms with Gasteiger partial charge in [-0.25, -0.2) is 14.1 Å². The zero-order valence-electron chi connectivity index (χ0n) is 13.8. The average Bonchev–Trinajstić information content (AvgIpc) is 3.09. The van der Waals surface area contributed by atoms with Gasteiger partial charge in [0, 0.05) is 24.1 Å². The number of thiazole rings is 1. The van der Waals surface area contributed by atoms with Gasteiger partial charge >= 0.3 is 0 Å². The second kappa shape index (κ2) is 7.98. The first kappa shape index (κ1) is 17.9.